The Morgan fingerprint density at radius 1 is 1.17 bits per heavy atom. The second-order valence-electron chi connectivity index (χ2n) is 5.50. The van der Waals surface area contributed by atoms with Crippen LogP contribution in [0.2, 0.25) is 0 Å². The quantitative estimate of drug-likeness (QED) is 0.795. The van der Waals surface area contributed by atoms with Gasteiger partial charge in [0.2, 0.25) is 0 Å². The molecular formula is C19H17N3O2. The molecule has 0 atom stereocenters. The Hall–Kier alpha value is -3.13. The van der Waals surface area contributed by atoms with Gasteiger partial charge in [-0.15, -0.1) is 0 Å². The first-order valence-electron chi connectivity index (χ1n) is 7.85. The maximum absolute atomic E-state index is 12.6. The normalized spacial score (nSPS) is 14.6. The van der Waals surface area contributed by atoms with E-state index in [9.17, 15) is 4.79 Å². The van der Waals surface area contributed by atoms with Gasteiger partial charge in [0.1, 0.15) is 6.61 Å². The average Bonchev–Trinajstić information content (AvgIpc) is 2.88. The van der Waals surface area contributed by atoms with Crippen molar-refractivity contribution in [1.29, 1.82) is 5.26 Å². The van der Waals surface area contributed by atoms with E-state index in [0.717, 1.165) is 23.2 Å². The van der Waals surface area contributed by atoms with E-state index in [1.807, 2.05) is 43.3 Å². The predicted octanol–water partition coefficient (Wildman–Crippen LogP) is 3.24. The molecule has 24 heavy (non-hydrogen) atoms. The third-order valence-corrected chi connectivity index (χ3v) is 3.81. The number of nitrogens with zero attached hydrogens (tertiary/aromatic N) is 3. The van der Waals surface area contributed by atoms with Crippen LogP contribution in [0.4, 0.5) is 5.69 Å². The van der Waals surface area contributed by atoms with Crippen LogP contribution >= 0.6 is 0 Å². The molecule has 2 aromatic carbocycles. The fraction of sp³-hybridized carbons (Fsp3) is 0.211. The molecule has 3 rings (SSSR count). The zero-order valence-corrected chi connectivity index (χ0v) is 13.4. The number of para-hydroxylation sites is 1. The minimum atomic E-state index is -0.127. The predicted molar refractivity (Wildman–Crippen MR) is 91.6 cm³/mol. The number of fused-ring (bicyclic) bond motifs is 1. The summed E-state index contributed by atoms with van der Waals surface area (Å²) in [7, 11) is 0. The van der Waals surface area contributed by atoms with Gasteiger partial charge in [0.25, 0.3) is 5.91 Å². The summed E-state index contributed by atoms with van der Waals surface area (Å²) in [5, 5.41) is 12.9. The Morgan fingerprint density at radius 3 is 2.62 bits per heavy atom. The highest BCUT2D eigenvalue weighted by molar-refractivity contribution is 6.54. The average molecular weight is 319 g/mol. The highest BCUT2D eigenvalue weighted by Crippen LogP contribution is 2.29. The Kier molecular flexibility index (Phi) is 4.57. The van der Waals surface area contributed by atoms with Crippen molar-refractivity contribution in [3.8, 4) is 6.07 Å². The molecule has 1 amide bonds. The minimum absolute atomic E-state index is 0.127. The lowest BCUT2D eigenvalue weighted by atomic mass is 10.1. The molecule has 0 radical (unpaired) electrons. The van der Waals surface area contributed by atoms with E-state index in [-0.39, 0.29) is 12.5 Å². The Labute approximate surface area is 140 Å². The van der Waals surface area contributed by atoms with E-state index < -0.39 is 0 Å². The zero-order chi connectivity index (χ0) is 16.9. The van der Waals surface area contributed by atoms with Gasteiger partial charge in [0.15, 0.2) is 5.71 Å². The second-order valence-corrected chi connectivity index (χ2v) is 5.50. The van der Waals surface area contributed by atoms with Crippen molar-refractivity contribution in [1.82, 2.24) is 0 Å². The lowest BCUT2D eigenvalue weighted by Gasteiger charge is -2.14. The standard InChI is InChI=1S/C19H17N3O2/c1-2-11-22-17-6-4-3-5-16(17)18(19(22)23)21-24-13-15-9-7-14(12-20)8-10-15/h3-10H,2,11,13H2,1H3/b21-18-. The summed E-state index contributed by atoms with van der Waals surface area (Å²) >= 11 is 0. The van der Waals surface area contributed by atoms with Gasteiger partial charge in [-0.1, -0.05) is 42.4 Å². The lowest BCUT2D eigenvalue weighted by Crippen LogP contribution is -2.30. The van der Waals surface area contributed by atoms with E-state index in [1.165, 1.54) is 0 Å². The molecule has 0 spiro atoms. The molecule has 0 bridgehead atoms. The van der Waals surface area contributed by atoms with Gasteiger partial charge < -0.3 is 9.74 Å². The molecule has 0 saturated heterocycles. The first-order chi connectivity index (χ1) is 11.7. The van der Waals surface area contributed by atoms with Crippen molar-refractivity contribution in [3.63, 3.8) is 0 Å². The topological polar surface area (TPSA) is 65.7 Å². The zero-order valence-electron chi connectivity index (χ0n) is 13.4. The summed E-state index contributed by atoms with van der Waals surface area (Å²) in [6.07, 6.45) is 0.874. The number of carbonyl (C=O) groups is 1. The molecule has 1 heterocycles. The van der Waals surface area contributed by atoms with Gasteiger partial charge in [0, 0.05) is 12.1 Å². The molecule has 5 nitrogen and oxygen atoms in total. The van der Waals surface area contributed by atoms with Gasteiger partial charge in [-0.3, -0.25) is 4.79 Å². The maximum Gasteiger partial charge on any atom is 0.281 e. The molecule has 0 N–H and O–H groups in total. The van der Waals surface area contributed by atoms with Crippen molar-refractivity contribution in [2.75, 3.05) is 11.4 Å². The van der Waals surface area contributed by atoms with Crippen molar-refractivity contribution < 1.29 is 9.63 Å². The summed E-state index contributed by atoms with van der Waals surface area (Å²) in [6.45, 7) is 2.94. The molecule has 0 saturated carbocycles. The molecular weight excluding hydrogens is 302 g/mol. The van der Waals surface area contributed by atoms with Gasteiger partial charge >= 0.3 is 0 Å². The summed E-state index contributed by atoms with van der Waals surface area (Å²) in [4.78, 5) is 19.7. The Bertz CT molecular complexity index is 819. The molecule has 1 aliphatic rings. The van der Waals surface area contributed by atoms with Gasteiger partial charge in [-0.25, -0.2) is 0 Å². The number of hydrogen-bond acceptors (Lipinski definition) is 4. The van der Waals surface area contributed by atoms with Crippen molar-refractivity contribution in [2.24, 2.45) is 5.16 Å². The summed E-state index contributed by atoms with van der Waals surface area (Å²) in [5.74, 6) is -0.127. The van der Waals surface area contributed by atoms with Gasteiger partial charge in [0.05, 0.1) is 17.3 Å². The monoisotopic (exact) mass is 319 g/mol. The molecule has 1 aliphatic heterocycles. The van der Waals surface area contributed by atoms with Crippen LogP contribution in [-0.2, 0) is 16.2 Å². The number of nitriles is 1. The third-order valence-electron chi connectivity index (χ3n) is 3.81. The number of benzene rings is 2. The Balaban J connectivity index is 1.77. The molecule has 2 aromatic rings. The Morgan fingerprint density at radius 2 is 1.92 bits per heavy atom. The number of anilines is 1. The van der Waals surface area contributed by atoms with E-state index in [1.54, 1.807) is 17.0 Å². The summed E-state index contributed by atoms with van der Waals surface area (Å²) in [6, 6.07) is 16.8. The molecule has 0 aromatic heterocycles. The van der Waals surface area contributed by atoms with E-state index in [0.29, 0.717) is 17.8 Å². The van der Waals surface area contributed by atoms with Crippen LogP contribution in [0, 0.1) is 11.3 Å². The molecule has 120 valence electrons. The smallest absolute Gasteiger partial charge is 0.281 e. The number of oxime groups is 1. The van der Waals surface area contributed by atoms with Crippen LogP contribution in [0.25, 0.3) is 0 Å². The number of carbonyl (C=O) groups excluding carboxylic acids is 1. The van der Waals surface area contributed by atoms with Crippen LogP contribution in [0.15, 0.2) is 53.7 Å². The number of rotatable bonds is 5. The van der Waals surface area contributed by atoms with Gasteiger partial charge in [-0.2, -0.15) is 5.26 Å². The molecule has 0 fully saturated rings. The molecule has 0 unspecified atom stereocenters. The van der Waals surface area contributed by atoms with Crippen LogP contribution in [0.3, 0.4) is 0 Å². The van der Waals surface area contributed by atoms with Crippen molar-refractivity contribution in [3.05, 3.63) is 65.2 Å². The SMILES string of the molecule is CCCN1C(=O)/C(=N\OCc2ccc(C#N)cc2)c2ccccc21. The second kappa shape index (κ2) is 6.97. The lowest BCUT2D eigenvalue weighted by molar-refractivity contribution is -0.112. The van der Waals surface area contributed by atoms with Crippen LogP contribution in [-0.4, -0.2) is 18.2 Å². The molecule has 0 aliphatic carbocycles. The van der Waals surface area contributed by atoms with Crippen molar-refractivity contribution in [2.45, 2.75) is 20.0 Å². The fourth-order valence-electron chi connectivity index (χ4n) is 2.64. The fourth-order valence-corrected chi connectivity index (χ4v) is 2.64. The van der Waals surface area contributed by atoms with E-state index in [2.05, 4.69) is 11.2 Å². The molecule has 5 heteroatoms. The van der Waals surface area contributed by atoms with Crippen molar-refractivity contribution >= 4 is 17.3 Å². The highest BCUT2D eigenvalue weighted by Gasteiger charge is 2.33. The first-order valence-corrected chi connectivity index (χ1v) is 7.85. The van der Waals surface area contributed by atoms with Gasteiger partial charge in [-0.05, 0) is 30.2 Å². The highest BCUT2D eigenvalue weighted by atomic mass is 16.6. The largest absolute Gasteiger partial charge is 0.390 e. The van der Waals surface area contributed by atoms with Crippen LogP contribution in [0.1, 0.15) is 30.0 Å². The number of hydrogen-bond donors (Lipinski definition) is 0. The summed E-state index contributed by atoms with van der Waals surface area (Å²) < 4.78 is 0. The minimum Gasteiger partial charge on any atom is -0.390 e. The summed E-state index contributed by atoms with van der Waals surface area (Å²) in [5.41, 5.74) is 3.51. The van der Waals surface area contributed by atoms with E-state index >= 15 is 0 Å². The van der Waals surface area contributed by atoms with Crippen LogP contribution < -0.4 is 4.90 Å². The third kappa shape index (κ3) is 2.99. The maximum atomic E-state index is 12.6. The number of amides is 1. The first kappa shape index (κ1) is 15.8. The van der Waals surface area contributed by atoms with Crippen LogP contribution in [0.5, 0.6) is 0 Å². The van der Waals surface area contributed by atoms with E-state index in [4.69, 9.17) is 10.1 Å².